The van der Waals surface area contributed by atoms with Crippen molar-refractivity contribution in [2.45, 2.75) is 19.3 Å². The number of carbonyl (C=O) groups is 1. The molecule has 0 aromatic heterocycles. The van der Waals surface area contributed by atoms with Crippen molar-refractivity contribution in [3.8, 4) is 5.75 Å². The largest absolute Gasteiger partial charge is 0.425 e. The van der Waals surface area contributed by atoms with E-state index in [0.29, 0.717) is 11.7 Å². The van der Waals surface area contributed by atoms with Crippen molar-refractivity contribution in [2.75, 3.05) is 13.2 Å². The van der Waals surface area contributed by atoms with Crippen molar-refractivity contribution in [1.82, 2.24) is 0 Å². The molecule has 4 nitrogen and oxygen atoms in total. The van der Waals surface area contributed by atoms with Crippen LogP contribution < -0.4 is 4.74 Å². The second-order valence-electron chi connectivity index (χ2n) is 4.32. The van der Waals surface area contributed by atoms with Crippen LogP contribution in [-0.4, -0.2) is 29.4 Å². The number of hydrogen-bond acceptors (Lipinski definition) is 4. The monoisotopic (exact) mass is 236 g/mol. The number of rotatable bonds is 3. The van der Waals surface area contributed by atoms with Crippen LogP contribution in [0.25, 0.3) is 0 Å². The lowest BCUT2D eigenvalue weighted by atomic mass is 9.84. The summed E-state index contributed by atoms with van der Waals surface area (Å²) in [5.74, 6) is 0.201. The van der Waals surface area contributed by atoms with Crippen molar-refractivity contribution in [1.29, 1.82) is 0 Å². The Labute approximate surface area is 99.8 Å². The van der Waals surface area contributed by atoms with Crippen LogP contribution in [0.3, 0.4) is 0 Å². The molecular formula is C13H16O4. The number of esters is 1. The van der Waals surface area contributed by atoms with Crippen LogP contribution in [0.1, 0.15) is 17.5 Å². The molecule has 1 aliphatic carbocycles. The van der Waals surface area contributed by atoms with Gasteiger partial charge in [-0.15, -0.1) is 0 Å². The highest BCUT2D eigenvalue weighted by Crippen LogP contribution is 2.32. The first kappa shape index (κ1) is 12.1. The van der Waals surface area contributed by atoms with Gasteiger partial charge in [-0.25, -0.2) is 4.79 Å². The van der Waals surface area contributed by atoms with E-state index in [0.717, 1.165) is 30.4 Å². The average molecular weight is 236 g/mol. The third kappa shape index (κ3) is 2.65. The third-order valence-corrected chi connectivity index (χ3v) is 3.15. The molecule has 0 heterocycles. The van der Waals surface area contributed by atoms with Gasteiger partial charge in [0.25, 0.3) is 0 Å². The van der Waals surface area contributed by atoms with Crippen LogP contribution in [-0.2, 0) is 17.6 Å². The fourth-order valence-electron chi connectivity index (χ4n) is 2.25. The Bertz CT molecular complexity index is 414. The van der Waals surface area contributed by atoms with Crippen LogP contribution >= 0.6 is 0 Å². The smallest absolute Gasteiger partial charge is 0.337 e. The molecule has 0 bridgehead atoms. The van der Waals surface area contributed by atoms with Crippen molar-refractivity contribution in [3.63, 3.8) is 0 Å². The molecule has 4 heteroatoms. The summed E-state index contributed by atoms with van der Waals surface area (Å²) < 4.78 is 5.08. The van der Waals surface area contributed by atoms with Crippen molar-refractivity contribution < 1.29 is 19.7 Å². The molecule has 0 fully saturated rings. The second-order valence-corrected chi connectivity index (χ2v) is 4.32. The van der Waals surface area contributed by atoms with Gasteiger partial charge in [0.2, 0.25) is 0 Å². The van der Waals surface area contributed by atoms with Gasteiger partial charge >= 0.3 is 5.97 Å². The van der Waals surface area contributed by atoms with Gasteiger partial charge in [-0.1, -0.05) is 12.1 Å². The average Bonchev–Trinajstić information content (AvgIpc) is 2.38. The highest BCUT2D eigenvalue weighted by molar-refractivity contribution is 5.73. The van der Waals surface area contributed by atoms with Crippen LogP contribution in [0.15, 0.2) is 18.2 Å². The zero-order valence-electron chi connectivity index (χ0n) is 9.56. The lowest BCUT2D eigenvalue weighted by Crippen LogP contribution is -2.20. The van der Waals surface area contributed by atoms with Gasteiger partial charge in [0.05, 0.1) is 0 Å². The van der Waals surface area contributed by atoms with E-state index in [1.54, 1.807) is 6.07 Å². The van der Waals surface area contributed by atoms with E-state index in [-0.39, 0.29) is 6.61 Å². The lowest BCUT2D eigenvalue weighted by molar-refractivity contribution is -0.137. The zero-order chi connectivity index (χ0) is 12.3. The first-order valence-corrected chi connectivity index (χ1v) is 5.77. The number of ether oxygens (including phenoxy) is 1. The summed E-state index contributed by atoms with van der Waals surface area (Å²) in [7, 11) is 0. The molecule has 0 saturated carbocycles. The Morgan fingerprint density at radius 2 is 2.24 bits per heavy atom. The quantitative estimate of drug-likeness (QED) is 0.598. The van der Waals surface area contributed by atoms with E-state index in [1.807, 2.05) is 12.1 Å². The molecule has 2 N–H and O–H groups in total. The molecule has 2 rings (SSSR count). The fourth-order valence-corrected chi connectivity index (χ4v) is 2.25. The van der Waals surface area contributed by atoms with Gasteiger partial charge < -0.3 is 14.9 Å². The second kappa shape index (κ2) is 5.29. The Balaban J connectivity index is 2.22. The molecule has 0 radical (unpaired) electrons. The minimum Gasteiger partial charge on any atom is -0.425 e. The summed E-state index contributed by atoms with van der Waals surface area (Å²) in [5, 5.41) is 17.8. The van der Waals surface area contributed by atoms with Crippen LogP contribution in [0.4, 0.5) is 0 Å². The summed E-state index contributed by atoms with van der Waals surface area (Å²) in [6.45, 7) is -0.414. The Morgan fingerprint density at radius 1 is 1.41 bits per heavy atom. The van der Waals surface area contributed by atoms with Crippen molar-refractivity contribution >= 4 is 5.97 Å². The maximum absolute atomic E-state index is 11.1. The fraction of sp³-hybridized carbons (Fsp3) is 0.462. The standard InChI is InChI=1S/C13H16O4/c14-7-9-4-5-11-10(6-9)2-1-3-12(11)17-13(16)8-15/h1-3,9,14-15H,4-8H2. The summed E-state index contributed by atoms with van der Waals surface area (Å²) in [6, 6.07) is 5.57. The predicted octanol–water partition coefficient (Wildman–Crippen LogP) is 0.681. The Morgan fingerprint density at radius 3 is 2.94 bits per heavy atom. The highest BCUT2D eigenvalue weighted by atomic mass is 16.5. The number of carbonyl (C=O) groups excluding carboxylic acids is 1. The SMILES string of the molecule is O=C(CO)Oc1cccc2c1CCC(CO)C2. The summed E-state index contributed by atoms with van der Waals surface area (Å²) in [5.41, 5.74) is 2.15. The zero-order valence-corrected chi connectivity index (χ0v) is 9.56. The molecule has 1 aliphatic rings. The van der Waals surface area contributed by atoms with E-state index in [1.165, 1.54) is 0 Å². The Kier molecular flexibility index (Phi) is 3.76. The van der Waals surface area contributed by atoms with Gasteiger partial charge in [-0.3, -0.25) is 0 Å². The van der Waals surface area contributed by atoms with Crippen molar-refractivity contribution in [3.05, 3.63) is 29.3 Å². The Hall–Kier alpha value is -1.39. The number of hydrogen-bond donors (Lipinski definition) is 2. The molecule has 0 saturated heterocycles. The first-order chi connectivity index (χ1) is 8.24. The van der Waals surface area contributed by atoms with E-state index >= 15 is 0 Å². The molecule has 92 valence electrons. The molecule has 17 heavy (non-hydrogen) atoms. The van der Waals surface area contributed by atoms with E-state index < -0.39 is 12.6 Å². The summed E-state index contributed by atoms with van der Waals surface area (Å²) in [4.78, 5) is 11.1. The van der Waals surface area contributed by atoms with Gasteiger partial charge in [0.1, 0.15) is 12.4 Å². The summed E-state index contributed by atoms with van der Waals surface area (Å²) >= 11 is 0. The molecular weight excluding hydrogens is 220 g/mol. The number of aliphatic hydroxyl groups is 2. The molecule has 0 aliphatic heterocycles. The minimum absolute atomic E-state index is 0.195. The van der Waals surface area contributed by atoms with Gasteiger partial charge in [0.15, 0.2) is 0 Å². The van der Waals surface area contributed by atoms with E-state index in [2.05, 4.69) is 0 Å². The summed E-state index contributed by atoms with van der Waals surface area (Å²) in [6.07, 6.45) is 2.52. The topological polar surface area (TPSA) is 66.8 Å². The number of aliphatic hydroxyl groups excluding tert-OH is 2. The molecule has 1 aromatic carbocycles. The third-order valence-electron chi connectivity index (χ3n) is 3.15. The van der Waals surface area contributed by atoms with Crippen LogP contribution in [0.2, 0.25) is 0 Å². The molecule has 0 amide bonds. The van der Waals surface area contributed by atoms with Crippen LogP contribution in [0, 0.1) is 5.92 Å². The normalized spacial score (nSPS) is 18.6. The molecule has 0 spiro atoms. The minimum atomic E-state index is -0.636. The van der Waals surface area contributed by atoms with Gasteiger partial charge in [-0.2, -0.15) is 0 Å². The maximum atomic E-state index is 11.1. The van der Waals surface area contributed by atoms with Gasteiger partial charge in [-0.05, 0) is 42.4 Å². The maximum Gasteiger partial charge on any atom is 0.337 e. The number of benzene rings is 1. The molecule has 1 aromatic rings. The first-order valence-electron chi connectivity index (χ1n) is 5.77. The lowest BCUT2D eigenvalue weighted by Gasteiger charge is -2.24. The van der Waals surface area contributed by atoms with E-state index in [9.17, 15) is 4.79 Å². The number of fused-ring (bicyclic) bond motifs is 1. The molecule has 1 unspecified atom stereocenters. The van der Waals surface area contributed by atoms with Gasteiger partial charge in [0, 0.05) is 6.61 Å². The predicted molar refractivity (Wildman–Crippen MR) is 61.8 cm³/mol. The highest BCUT2D eigenvalue weighted by Gasteiger charge is 2.21. The molecule has 1 atom stereocenters. The van der Waals surface area contributed by atoms with E-state index in [4.69, 9.17) is 14.9 Å². The van der Waals surface area contributed by atoms with Crippen LogP contribution in [0.5, 0.6) is 5.75 Å². The van der Waals surface area contributed by atoms with Crippen molar-refractivity contribution in [2.24, 2.45) is 5.92 Å².